The van der Waals surface area contributed by atoms with Gasteiger partial charge in [0.15, 0.2) is 0 Å². The van der Waals surface area contributed by atoms with Gasteiger partial charge in [0, 0.05) is 30.7 Å². The van der Waals surface area contributed by atoms with Crippen molar-refractivity contribution in [3.05, 3.63) is 81.3 Å². The molecule has 0 aliphatic carbocycles. The Morgan fingerprint density at radius 1 is 1.10 bits per heavy atom. The van der Waals surface area contributed by atoms with Crippen molar-refractivity contribution in [2.45, 2.75) is 32.4 Å². The molecule has 2 aromatic carbocycles. The van der Waals surface area contributed by atoms with Crippen molar-refractivity contribution < 1.29 is 9.18 Å². The molecule has 1 aliphatic heterocycles. The molecule has 0 atom stereocenters. The number of benzene rings is 2. The van der Waals surface area contributed by atoms with Crippen LogP contribution < -0.4 is 5.32 Å². The van der Waals surface area contributed by atoms with Crippen molar-refractivity contribution in [1.29, 1.82) is 0 Å². The van der Waals surface area contributed by atoms with E-state index in [-0.39, 0.29) is 22.9 Å². The van der Waals surface area contributed by atoms with E-state index in [9.17, 15) is 9.18 Å². The van der Waals surface area contributed by atoms with Gasteiger partial charge in [0.25, 0.3) is 5.91 Å². The van der Waals surface area contributed by atoms with Crippen molar-refractivity contribution in [3.63, 3.8) is 0 Å². The van der Waals surface area contributed by atoms with Crippen molar-refractivity contribution in [1.82, 2.24) is 20.0 Å². The second-order valence-corrected chi connectivity index (χ2v) is 8.58. The van der Waals surface area contributed by atoms with E-state index in [0.29, 0.717) is 16.9 Å². The Morgan fingerprint density at radius 2 is 1.74 bits per heavy atom. The SMILES string of the molecule is Cc1nn(-c2ccc(F)cc2)c(Cl)c1C(=O)NC1CCN(Cc2ccc(Cl)cc2)CC1. The van der Waals surface area contributed by atoms with Gasteiger partial charge in [-0.1, -0.05) is 35.3 Å². The zero-order chi connectivity index (χ0) is 22.0. The monoisotopic (exact) mass is 460 g/mol. The summed E-state index contributed by atoms with van der Waals surface area (Å²) < 4.78 is 14.7. The van der Waals surface area contributed by atoms with Gasteiger partial charge in [0.1, 0.15) is 11.0 Å². The maximum absolute atomic E-state index is 13.2. The summed E-state index contributed by atoms with van der Waals surface area (Å²) in [6.45, 7) is 4.41. The van der Waals surface area contributed by atoms with Gasteiger partial charge in [0.05, 0.1) is 16.9 Å². The Bertz CT molecular complexity index is 1060. The number of hydrogen-bond acceptors (Lipinski definition) is 3. The number of carbonyl (C=O) groups excluding carboxylic acids is 1. The van der Waals surface area contributed by atoms with Gasteiger partial charge in [-0.3, -0.25) is 9.69 Å². The highest BCUT2D eigenvalue weighted by atomic mass is 35.5. The quantitative estimate of drug-likeness (QED) is 0.581. The number of nitrogens with zero attached hydrogens (tertiary/aromatic N) is 3. The second-order valence-electron chi connectivity index (χ2n) is 7.79. The van der Waals surface area contributed by atoms with Gasteiger partial charge in [-0.2, -0.15) is 5.10 Å². The van der Waals surface area contributed by atoms with E-state index in [2.05, 4.69) is 15.3 Å². The highest BCUT2D eigenvalue weighted by Crippen LogP contribution is 2.24. The van der Waals surface area contributed by atoms with Gasteiger partial charge < -0.3 is 5.32 Å². The molecule has 0 saturated carbocycles. The maximum Gasteiger partial charge on any atom is 0.256 e. The molecule has 162 valence electrons. The lowest BCUT2D eigenvalue weighted by molar-refractivity contribution is 0.0908. The van der Waals surface area contributed by atoms with Crippen LogP contribution in [-0.2, 0) is 6.54 Å². The molecule has 0 spiro atoms. The molecular weight excluding hydrogens is 438 g/mol. The largest absolute Gasteiger partial charge is 0.349 e. The maximum atomic E-state index is 13.2. The molecule has 1 N–H and O–H groups in total. The van der Waals surface area contributed by atoms with E-state index in [1.807, 2.05) is 24.3 Å². The van der Waals surface area contributed by atoms with E-state index in [4.69, 9.17) is 23.2 Å². The number of rotatable bonds is 5. The van der Waals surface area contributed by atoms with Crippen LogP contribution in [0.2, 0.25) is 10.2 Å². The Morgan fingerprint density at radius 3 is 2.39 bits per heavy atom. The predicted octanol–water partition coefficient (Wildman–Crippen LogP) is 5.02. The Kier molecular flexibility index (Phi) is 6.60. The van der Waals surface area contributed by atoms with Crippen molar-refractivity contribution in [2.75, 3.05) is 13.1 Å². The first-order valence-corrected chi connectivity index (χ1v) is 10.9. The first kappa shape index (κ1) is 21.8. The molecule has 31 heavy (non-hydrogen) atoms. The van der Waals surface area contributed by atoms with Crippen LogP contribution in [0.3, 0.4) is 0 Å². The summed E-state index contributed by atoms with van der Waals surface area (Å²) in [5, 5.41) is 8.44. The molecular formula is C23H23Cl2FN4O. The molecule has 1 saturated heterocycles. The van der Waals surface area contributed by atoms with Crippen LogP contribution in [0.1, 0.15) is 34.5 Å². The van der Waals surface area contributed by atoms with Crippen molar-refractivity contribution in [3.8, 4) is 5.69 Å². The molecule has 2 heterocycles. The molecule has 5 nitrogen and oxygen atoms in total. The Labute approximate surface area is 190 Å². The average molecular weight is 461 g/mol. The topological polar surface area (TPSA) is 50.2 Å². The third kappa shape index (κ3) is 5.09. The standard InChI is InChI=1S/C23H23Cl2FN4O/c1-15-21(22(25)30(28-15)20-8-6-18(26)7-9-20)23(31)27-19-10-12-29(13-11-19)14-16-2-4-17(24)5-3-16/h2-9,19H,10-14H2,1H3,(H,27,31). The van der Waals surface area contributed by atoms with Crippen LogP contribution in [0, 0.1) is 12.7 Å². The fourth-order valence-electron chi connectivity index (χ4n) is 3.85. The Balaban J connectivity index is 1.37. The summed E-state index contributed by atoms with van der Waals surface area (Å²) in [6, 6.07) is 13.8. The number of carbonyl (C=O) groups is 1. The fourth-order valence-corrected chi connectivity index (χ4v) is 4.34. The van der Waals surface area contributed by atoms with Gasteiger partial charge >= 0.3 is 0 Å². The molecule has 1 fully saturated rings. The van der Waals surface area contributed by atoms with E-state index in [0.717, 1.165) is 37.5 Å². The molecule has 3 aromatic rings. The third-order valence-electron chi connectivity index (χ3n) is 5.54. The highest BCUT2D eigenvalue weighted by Gasteiger charge is 2.25. The number of likely N-dealkylation sites (tertiary alicyclic amines) is 1. The van der Waals surface area contributed by atoms with E-state index < -0.39 is 0 Å². The van der Waals surface area contributed by atoms with Crippen LogP contribution in [0.5, 0.6) is 0 Å². The molecule has 8 heteroatoms. The molecule has 0 unspecified atom stereocenters. The van der Waals surface area contributed by atoms with E-state index >= 15 is 0 Å². The lowest BCUT2D eigenvalue weighted by atomic mass is 10.0. The zero-order valence-electron chi connectivity index (χ0n) is 17.1. The van der Waals surface area contributed by atoms with Crippen molar-refractivity contribution >= 4 is 29.1 Å². The summed E-state index contributed by atoms with van der Waals surface area (Å²) >= 11 is 12.4. The van der Waals surface area contributed by atoms with Crippen molar-refractivity contribution in [2.24, 2.45) is 0 Å². The van der Waals surface area contributed by atoms with Crippen LogP contribution in [0.15, 0.2) is 48.5 Å². The normalized spacial score (nSPS) is 15.2. The Hall–Kier alpha value is -2.41. The first-order chi connectivity index (χ1) is 14.9. The number of nitrogens with one attached hydrogen (secondary N) is 1. The molecule has 0 radical (unpaired) electrons. The number of aromatic nitrogens is 2. The van der Waals surface area contributed by atoms with Gasteiger partial charge in [-0.25, -0.2) is 9.07 Å². The third-order valence-corrected chi connectivity index (χ3v) is 6.15. The number of amides is 1. The summed E-state index contributed by atoms with van der Waals surface area (Å²) in [7, 11) is 0. The molecule has 1 amide bonds. The predicted molar refractivity (Wildman–Crippen MR) is 120 cm³/mol. The first-order valence-electron chi connectivity index (χ1n) is 10.2. The zero-order valence-corrected chi connectivity index (χ0v) is 18.6. The van der Waals surface area contributed by atoms with E-state index in [1.54, 1.807) is 19.1 Å². The summed E-state index contributed by atoms with van der Waals surface area (Å²) in [5.41, 5.74) is 2.72. The molecule has 4 rings (SSSR count). The number of hydrogen-bond donors (Lipinski definition) is 1. The van der Waals surface area contributed by atoms with E-state index in [1.165, 1.54) is 22.4 Å². The highest BCUT2D eigenvalue weighted by molar-refractivity contribution is 6.33. The lowest BCUT2D eigenvalue weighted by Crippen LogP contribution is -2.44. The number of piperidine rings is 1. The molecule has 1 aliphatic rings. The molecule has 1 aromatic heterocycles. The van der Waals surface area contributed by atoms with Gasteiger partial charge in [-0.15, -0.1) is 0 Å². The van der Waals surface area contributed by atoms with Crippen LogP contribution in [0.25, 0.3) is 5.69 Å². The average Bonchev–Trinajstić information content (AvgIpc) is 3.06. The minimum absolute atomic E-state index is 0.0820. The van der Waals surface area contributed by atoms with Crippen LogP contribution in [0.4, 0.5) is 4.39 Å². The summed E-state index contributed by atoms with van der Waals surface area (Å²) in [5.74, 6) is -0.573. The van der Waals surface area contributed by atoms with Crippen LogP contribution >= 0.6 is 23.2 Å². The fraction of sp³-hybridized carbons (Fsp3) is 0.304. The minimum atomic E-state index is -0.343. The number of aryl methyl sites for hydroxylation is 1. The summed E-state index contributed by atoms with van der Waals surface area (Å²) in [4.78, 5) is 15.3. The minimum Gasteiger partial charge on any atom is -0.349 e. The second kappa shape index (κ2) is 9.39. The smallest absolute Gasteiger partial charge is 0.256 e. The lowest BCUT2D eigenvalue weighted by Gasteiger charge is -2.32. The number of halogens is 3. The van der Waals surface area contributed by atoms with Crippen LogP contribution in [-0.4, -0.2) is 39.7 Å². The van der Waals surface area contributed by atoms with Gasteiger partial charge in [-0.05, 0) is 61.7 Å². The summed E-state index contributed by atoms with van der Waals surface area (Å²) in [6.07, 6.45) is 1.73. The van der Waals surface area contributed by atoms with Gasteiger partial charge in [0.2, 0.25) is 0 Å². The molecule has 0 bridgehead atoms.